The Hall–Kier alpha value is -3.10. The average molecular weight is 491 g/mol. The van der Waals surface area contributed by atoms with Crippen molar-refractivity contribution in [3.05, 3.63) is 70.6 Å². The zero-order valence-electron chi connectivity index (χ0n) is 17.5. The summed E-state index contributed by atoms with van der Waals surface area (Å²) in [7, 11) is 0. The van der Waals surface area contributed by atoms with E-state index in [1.54, 1.807) is 0 Å². The molecule has 3 aromatic heterocycles. The highest BCUT2D eigenvalue weighted by atomic mass is 79.9. The van der Waals surface area contributed by atoms with Crippen molar-refractivity contribution < 1.29 is 4.74 Å². The smallest absolute Gasteiger partial charge is 0.165 e. The van der Waals surface area contributed by atoms with E-state index in [4.69, 9.17) is 15.5 Å². The van der Waals surface area contributed by atoms with Crippen LogP contribution in [0.25, 0.3) is 22.3 Å². The average Bonchev–Trinajstić information content (AvgIpc) is 2.84. The van der Waals surface area contributed by atoms with Gasteiger partial charge in [-0.05, 0) is 54.3 Å². The van der Waals surface area contributed by atoms with Crippen molar-refractivity contribution >= 4 is 38.6 Å². The first-order valence-electron chi connectivity index (χ1n) is 10.6. The lowest BCUT2D eigenvalue weighted by atomic mass is 10.0. The molecule has 162 valence electrons. The summed E-state index contributed by atoms with van der Waals surface area (Å²) in [6.07, 6.45) is 5.04. The second kappa shape index (κ2) is 9.18. The Kier molecular flexibility index (Phi) is 5.96. The Labute approximate surface area is 194 Å². The lowest BCUT2D eigenvalue weighted by Gasteiger charge is -2.27. The molecule has 5 rings (SSSR count). The lowest BCUT2D eigenvalue weighted by molar-refractivity contribution is 0.122. The number of nitrogens with zero attached hydrogens (tertiary/aromatic N) is 5. The molecule has 0 radical (unpaired) electrons. The molecule has 1 aliphatic rings. The molecule has 1 fully saturated rings. The van der Waals surface area contributed by atoms with E-state index in [2.05, 4.69) is 72.2 Å². The van der Waals surface area contributed by atoms with Crippen molar-refractivity contribution in [2.24, 2.45) is 0 Å². The molecule has 0 bridgehead atoms. The monoisotopic (exact) mass is 490 g/mol. The van der Waals surface area contributed by atoms with Gasteiger partial charge in [0, 0.05) is 29.3 Å². The minimum atomic E-state index is 0.459. The number of aryl methyl sites for hydroxylation is 2. The van der Waals surface area contributed by atoms with Gasteiger partial charge in [0.25, 0.3) is 0 Å². The number of nitrogen functional groups attached to an aromatic ring is 1. The molecule has 0 atom stereocenters. The molecule has 1 saturated heterocycles. The lowest BCUT2D eigenvalue weighted by Crippen LogP contribution is -2.36. The molecule has 0 amide bonds. The number of rotatable bonds is 5. The first kappa shape index (κ1) is 20.8. The van der Waals surface area contributed by atoms with Crippen molar-refractivity contribution in [3.63, 3.8) is 0 Å². The van der Waals surface area contributed by atoms with Gasteiger partial charge in [0.1, 0.15) is 18.0 Å². The van der Waals surface area contributed by atoms with Gasteiger partial charge in [-0.15, -0.1) is 0 Å². The largest absolute Gasteiger partial charge is 0.383 e. The predicted octanol–water partition coefficient (Wildman–Crippen LogP) is 4.05. The standard InChI is InChI=1S/C24H23BrN6O/c25-19-6-2-16(3-7-19)1-4-17-13-20(30-24-22(17)23(26)28-15-29-24)18-5-8-21(27-14-18)31-9-11-32-12-10-31/h2-3,5-8,13-15H,1,4,9-12H2,(H2,26,28,29,30). The third-order valence-electron chi connectivity index (χ3n) is 5.69. The van der Waals surface area contributed by atoms with E-state index >= 15 is 0 Å². The number of nitrogens with two attached hydrogens (primary N) is 1. The maximum absolute atomic E-state index is 6.21. The van der Waals surface area contributed by atoms with E-state index in [0.29, 0.717) is 11.5 Å². The van der Waals surface area contributed by atoms with Gasteiger partial charge in [-0.25, -0.2) is 19.9 Å². The van der Waals surface area contributed by atoms with Gasteiger partial charge in [0.05, 0.1) is 24.3 Å². The molecular formula is C24H23BrN6O. The molecule has 1 aromatic carbocycles. The van der Waals surface area contributed by atoms with Gasteiger partial charge in [0.15, 0.2) is 5.65 Å². The molecule has 8 heteroatoms. The normalized spacial score (nSPS) is 14.1. The van der Waals surface area contributed by atoms with Crippen LogP contribution in [0.1, 0.15) is 11.1 Å². The van der Waals surface area contributed by atoms with E-state index in [0.717, 1.165) is 71.6 Å². The molecule has 4 aromatic rings. The van der Waals surface area contributed by atoms with Crippen LogP contribution < -0.4 is 10.6 Å². The van der Waals surface area contributed by atoms with E-state index in [9.17, 15) is 0 Å². The highest BCUT2D eigenvalue weighted by Gasteiger charge is 2.15. The highest BCUT2D eigenvalue weighted by molar-refractivity contribution is 9.10. The number of aromatic nitrogens is 4. The van der Waals surface area contributed by atoms with Crippen molar-refractivity contribution in [2.45, 2.75) is 12.8 Å². The Morgan fingerprint density at radius 3 is 2.53 bits per heavy atom. The van der Waals surface area contributed by atoms with Crippen molar-refractivity contribution in [2.75, 3.05) is 36.9 Å². The summed E-state index contributed by atoms with van der Waals surface area (Å²) >= 11 is 3.49. The van der Waals surface area contributed by atoms with Crippen LogP contribution in [0.4, 0.5) is 11.6 Å². The minimum Gasteiger partial charge on any atom is -0.383 e. The van der Waals surface area contributed by atoms with Crippen LogP contribution >= 0.6 is 15.9 Å². The predicted molar refractivity (Wildman–Crippen MR) is 130 cm³/mol. The van der Waals surface area contributed by atoms with E-state index in [-0.39, 0.29) is 0 Å². The van der Waals surface area contributed by atoms with E-state index in [1.165, 1.54) is 11.9 Å². The van der Waals surface area contributed by atoms with E-state index in [1.807, 2.05) is 12.3 Å². The number of hydrogen-bond donors (Lipinski definition) is 1. The maximum Gasteiger partial charge on any atom is 0.165 e. The Morgan fingerprint density at radius 1 is 0.969 bits per heavy atom. The van der Waals surface area contributed by atoms with Gasteiger partial charge in [-0.3, -0.25) is 0 Å². The van der Waals surface area contributed by atoms with Gasteiger partial charge < -0.3 is 15.4 Å². The van der Waals surface area contributed by atoms with Crippen LogP contribution in [-0.2, 0) is 17.6 Å². The van der Waals surface area contributed by atoms with Crippen LogP contribution in [0.5, 0.6) is 0 Å². The van der Waals surface area contributed by atoms with Gasteiger partial charge in [-0.2, -0.15) is 0 Å². The van der Waals surface area contributed by atoms with Crippen molar-refractivity contribution in [1.82, 2.24) is 19.9 Å². The highest BCUT2D eigenvalue weighted by Crippen LogP contribution is 2.28. The second-order valence-electron chi connectivity index (χ2n) is 7.76. The number of fused-ring (bicyclic) bond motifs is 1. The van der Waals surface area contributed by atoms with Gasteiger partial charge >= 0.3 is 0 Å². The number of halogens is 1. The Morgan fingerprint density at radius 2 is 1.78 bits per heavy atom. The summed E-state index contributed by atoms with van der Waals surface area (Å²) in [5.41, 5.74) is 10.9. The van der Waals surface area contributed by atoms with Crippen molar-refractivity contribution in [3.8, 4) is 11.3 Å². The minimum absolute atomic E-state index is 0.459. The van der Waals surface area contributed by atoms with Crippen molar-refractivity contribution in [1.29, 1.82) is 0 Å². The fourth-order valence-corrected chi connectivity index (χ4v) is 4.22. The number of morpholine rings is 1. The molecule has 32 heavy (non-hydrogen) atoms. The van der Waals surface area contributed by atoms with Gasteiger partial charge in [-0.1, -0.05) is 28.1 Å². The number of benzene rings is 1. The van der Waals surface area contributed by atoms with Gasteiger partial charge in [0.2, 0.25) is 0 Å². The summed E-state index contributed by atoms with van der Waals surface area (Å²) in [4.78, 5) is 20.3. The second-order valence-corrected chi connectivity index (χ2v) is 8.67. The van der Waals surface area contributed by atoms with Crippen LogP contribution in [-0.4, -0.2) is 46.2 Å². The third kappa shape index (κ3) is 4.42. The fourth-order valence-electron chi connectivity index (χ4n) is 3.96. The van der Waals surface area contributed by atoms with Crippen LogP contribution in [0.15, 0.2) is 59.5 Å². The number of hydrogen-bond acceptors (Lipinski definition) is 7. The number of anilines is 2. The summed E-state index contributed by atoms with van der Waals surface area (Å²) in [6, 6.07) is 14.6. The first-order chi connectivity index (χ1) is 15.7. The Balaban J connectivity index is 1.47. The maximum atomic E-state index is 6.21. The fraction of sp³-hybridized carbons (Fsp3) is 0.250. The van der Waals surface area contributed by atoms with Crippen LogP contribution in [0.3, 0.4) is 0 Å². The Bertz CT molecular complexity index is 1220. The topological polar surface area (TPSA) is 90.0 Å². The number of pyridine rings is 2. The molecule has 0 saturated carbocycles. The molecule has 2 N–H and O–H groups in total. The molecule has 0 aliphatic carbocycles. The summed E-state index contributed by atoms with van der Waals surface area (Å²) < 4.78 is 6.51. The van der Waals surface area contributed by atoms with Crippen LogP contribution in [0, 0.1) is 0 Å². The molecule has 1 aliphatic heterocycles. The van der Waals surface area contributed by atoms with E-state index < -0.39 is 0 Å². The SMILES string of the molecule is Nc1ncnc2nc(-c3ccc(N4CCOCC4)nc3)cc(CCc3ccc(Br)cc3)c12. The number of ether oxygens (including phenoxy) is 1. The zero-order chi connectivity index (χ0) is 21.9. The molecule has 7 nitrogen and oxygen atoms in total. The third-order valence-corrected chi connectivity index (χ3v) is 6.22. The van der Waals surface area contributed by atoms with Crippen LogP contribution in [0.2, 0.25) is 0 Å². The summed E-state index contributed by atoms with van der Waals surface area (Å²) in [6.45, 7) is 3.19. The molecule has 0 spiro atoms. The summed E-state index contributed by atoms with van der Waals surface area (Å²) in [5.74, 6) is 1.42. The first-order valence-corrected chi connectivity index (χ1v) is 11.4. The quantitative estimate of drug-likeness (QED) is 0.451. The molecular weight excluding hydrogens is 468 g/mol. The molecule has 4 heterocycles. The summed E-state index contributed by atoms with van der Waals surface area (Å²) in [5, 5.41) is 0.825. The molecule has 0 unspecified atom stereocenters. The zero-order valence-corrected chi connectivity index (χ0v) is 19.1.